The van der Waals surface area contributed by atoms with Gasteiger partial charge in [0, 0.05) is 38.1 Å². The fourth-order valence-electron chi connectivity index (χ4n) is 3.47. The number of hydrogen-bond donors (Lipinski definition) is 2. The predicted molar refractivity (Wildman–Crippen MR) is 106 cm³/mol. The highest BCUT2D eigenvalue weighted by molar-refractivity contribution is 5.91. The van der Waals surface area contributed by atoms with Gasteiger partial charge in [-0.1, -0.05) is 42.5 Å². The Morgan fingerprint density at radius 3 is 2.70 bits per heavy atom. The largest absolute Gasteiger partial charge is 0.334 e. The van der Waals surface area contributed by atoms with E-state index in [9.17, 15) is 4.79 Å². The van der Waals surface area contributed by atoms with E-state index < -0.39 is 0 Å². The third kappa shape index (κ3) is 4.35. The molecule has 0 bridgehead atoms. The lowest BCUT2D eigenvalue weighted by molar-refractivity contribution is 0.247. The SMILES string of the molecule is O=C(Nc1ccccc1-n1cccn1)N[C@H]1CCN(Cc2ccccc2)C1. The maximum Gasteiger partial charge on any atom is 0.319 e. The number of amides is 2. The number of carbonyl (C=O) groups excluding carboxylic acids is 1. The number of para-hydroxylation sites is 2. The van der Waals surface area contributed by atoms with Gasteiger partial charge in [-0.05, 0) is 30.2 Å². The number of likely N-dealkylation sites (tertiary alicyclic amines) is 1. The molecule has 27 heavy (non-hydrogen) atoms. The van der Waals surface area contributed by atoms with Crippen molar-refractivity contribution < 1.29 is 4.79 Å². The number of carbonyl (C=O) groups is 1. The second kappa shape index (κ2) is 8.05. The minimum absolute atomic E-state index is 0.158. The molecule has 2 aromatic carbocycles. The molecule has 2 heterocycles. The number of anilines is 1. The zero-order valence-electron chi connectivity index (χ0n) is 15.1. The number of nitrogens with one attached hydrogen (secondary N) is 2. The first-order chi connectivity index (χ1) is 13.3. The van der Waals surface area contributed by atoms with Crippen LogP contribution in [0.1, 0.15) is 12.0 Å². The quantitative estimate of drug-likeness (QED) is 0.733. The number of aromatic nitrogens is 2. The van der Waals surface area contributed by atoms with Crippen molar-refractivity contribution >= 4 is 11.7 Å². The van der Waals surface area contributed by atoms with Crippen LogP contribution in [-0.2, 0) is 6.54 Å². The standard InChI is InChI=1S/C21H23N5O/c27-21(24-19-9-4-5-10-20(19)26-13-6-12-22-26)23-18-11-14-25(16-18)15-17-7-2-1-3-8-17/h1-10,12-13,18H,11,14-16H2,(H2,23,24,27)/t18-/m0/s1. The lowest BCUT2D eigenvalue weighted by atomic mass is 10.2. The Morgan fingerprint density at radius 2 is 1.89 bits per heavy atom. The van der Waals surface area contributed by atoms with E-state index in [1.807, 2.05) is 42.6 Å². The van der Waals surface area contributed by atoms with Crippen LogP contribution in [-0.4, -0.2) is 39.8 Å². The van der Waals surface area contributed by atoms with Crippen molar-refractivity contribution in [3.8, 4) is 5.69 Å². The van der Waals surface area contributed by atoms with Crippen LogP contribution in [0.3, 0.4) is 0 Å². The van der Waals surface area contributed by atoms with Crippen LogP contribution in [0, 0.1) is 0 Å². The van der Waals surface area contributed by atoms with Gasteiger partial charge in [0.25, 0.3) is 0 Å². The van der Waals surface area contributed by atoms with Crippen molar-refractivity contribution in [1.29, 1.82) is 0 Å². The third-order valence-electron chi connectivity index (χ3n) is 4.76. The van der Waals surface area contributed by atoms with Gasteiger partial charge in [0.15, 0.2) is 0 Å². The molecular weight excluding hydrogens is 338 g/mol. The summed E-state index contributed by atoms with van der Waals surface area (Å²) in [6, 6.07) is 19.9. The Kier molecular flexibility index (Phi) is 5.16. The van der Waals surface area contributed by atoms with Gasteiger partial charge in [0.2, 0.25) is 0 Å². The molecule has 138 valence electrons. The van der Waals surface area contributed by atoms with Crippen molar-refractivity contribution in [2.75, 3.05) is 18.4 Å². The van der Waals surface area contributed by atoms with Crippen LogP contribution in [0.15, 0.2) is 73.1 Å². The molecule has 0 radical (unpaired) electrons. The molecule has 6 heteroatoms. The summed E-state index contributed by atoms with van der Waals surface area (Å²) in [5, 5.41) is 10.3. The van der Waals surface area contributed by atoms with E-state index in [0.29, 0.717) is 0 Å². The van der Waals surface area contributed by atoms with Crippen LogP contribution < -0.4 is 10.6 Å². The van der Waals surface area contributed by atoms with E-state index in [0.717, 1.165) is 37.4 Å². The summed E-state index contributed by atoms with van der Waals surface area (Å²) in [7, 11) is 0. The van der Waals surface area contributed by atoms with Gasteiger partial charge in [-0.25, -0.2) is 9.48 Å². The minimum atomic E-state index is -0.179. The molecule has 4 rings (SSSR count). The average Bonchev–Trinajstić information content (AvgIpc) is 3.35. The number of urea groups is 1. The molecule has 0 saturated carbocycles. The molecule has 6 nitrogen and oxygen atoms in total. The first-order valence-electron chi connectivity index (χ1n) is 9.21. The molecule has 1 aromatic heterocycles. The maximum atomic E-state index is 12.5. The molecule has 1 aliphatic heterocycles. The average molecular weight is 361 g/mol. The number of benzene rings is 2. The van der Waals surface area contributed by atoms with Crippen molar-refractivity contribution in [3.63, 3.8) is 0 Å². The molecule has 2 N–H and O–H groups in total. The highest BCUT2D eigenvalue weighted by atomic mass is 16.2. The second-order valence-electron chi connectivity index (χ2n) is 6.77. The molecule has 1 aliphatic rings. The van der Waals surface area contributed by atoms with Crippen LogP contribution in [0.25, 0.3) is 5.69 Å². The summed E-state index contributed by atoms with van der Waals surface area (Å²) in [5.74, 6) is 0. The lowest BCUT2D eigenvalue weighted by Crippen LogP contribution is -2.39. The Morgan fingerprint density at radius 1 is 1.07 bits per heavy atom. The molecule has 2 amide bonds. The van der Waals surface area contributed by atoms with Crippen LogP contribution >= 0.6 is 0 Å². The molecule has 1 saturated heterocycles. The fraction of sp³-hybridized carbons (Fsp3) is 0.238. The normalized spacial score (nSPS) is 17.0. The summed E-state index contributed by atoms with van der Waals surface area (Å²) in [5.41, 5.74) is 2.88. The van der Waals surface area contributed by atoms with Gasteiger partial charge >= 0.3 is 6.03 Å². The van der Waals surface area contributed by atoms with Gasteiger partial charge in [-0.15, -0.1) is 0 Å². The zero-order valence-corrected chi connectivity index (χ0v) is 15.1. The van der Waals surface area contributed by atoms with Crippen LogP contribution in [0.2, 0.25) is 0 Å². The van der Waals surface area contributed by atoms with E-state index >= 15 is 0 Å². The fourth-order valence-corrected chi connectivity index (χ4v) is 3.47. The Balaban J connectivity index is 1.33. The Labute approximate surface area is 158 Å². The molecule has 3 aromatic rings. The van der Waals surface area contributed by atoms with Crippen molar-refractivity contribution in [1.82, 2.24) is 20.0 Å². The van der Waals surface area contributed by atoms with Crippen LogP contribution in [0.4, 0.5) is 10.5 Å². The molecule has 1 fully saturated rings. The monoisotopic (exact) mass is 361 g/mol. The minimum Gasteiger partial charge on any atom is -0.334 e. The van der Waals surface area contributed by atoms with Gasteiger partial charge < -0.3 is 10.6 Å². The third-order valence-corrected chi connectivity index (χ3v) is 4.76. The Bertz CT molecular complexity index is 879. The molecular formula is C21H23N5O. The van der Waals surface area contributed by atoms with Crippen molar-refractivity contribution in [3.05, 3.63) is 78.6 Å². The first kappa shape index (κ1) is 17.3. The van der Waals surface area contributed by atoms with Crippen LogP contribution in [0.5, 0.6) is 0 Å². The van der Waals surface area contributed by atoms with Gasteiger partial charge in [-0.2, -0.15) is 5.10 Å². The highest BCUT2D eigenvalue weighted by Gasteiger charge is 2.24. The first-order valence-corrected chi connectivity index (χ1v) is 9.21. The zero-order chi connectivity index (χ0) is 18.5. The van der Waals surface area contributed by atoms with Crippen molar-refractivity contribution in [2.24, 2.45) is 0 Å². The van der Waals surface area contributed by atoms with Gasteiger partial charge in [-0.3, -0.25) is 4.90 Å². The highest BCUT2D eigenvalue weighted by Crippen LogP contribution is 2.19. The summed E-state index contributed by atoms with van der Waals surface area (Å²) < 4.78 is 1.74. The molecule has 0 unspecified atom stereocenters. The second-order valence-corrected chi connectivity index (χ2v) is 6.77. The van der Waals surface area contributed by atoms with E-state index in [4.69, 9.17) is 0 Å². The molecule has 0 spiro atoms. The topological polar surface area (TPSA) is 62.2 Å². The summed E-state index contributed by atoms with van der Waals surface area (Å²) in [6.07, 6.45) is 4.54. The molecule has 0 aliphatic carbocycles. The predicted octanol–water partition coefficient (Wildman–Crippen LogP) is 3.27. The smallest absolute Gasteiger partial charge is 0.319 e. The lowest BCUT2D eigenvalue weighted by Gasteiger charge is -2.17. The summed E-state index contributed by atoms with van der Waals surface area (Å²) in [4.78, 5) is 14.9. The Hall–Kier alpha value is -3.12. The molecule has 1 atom stereocenters. The van der Waals surface area contributed by atoms with E-state index in [-0.39, 0.29) is 12.1 Å². The van der Waals surface area contributed by atoms with Gasteiger partial charge in [0.1, 0.15) is 0 Å². The van der Waals surface area contributed by atoms with E-state index in [1.54, 1.807) is 10.9 Å². The maximum absolute atomic E-state index is 12.5. The number of nitrogens with zero attached hydrogens (tertiary/aromatic N) is 3. The number of hydrogen-bond acceptors (Lipinski definition) is 3. The number of rotatable bonds is 5. The van der Waals surface area contributed by atoms with E-state index in [2.05, 4.69) is 44.9 Å². The summed E-state index contributed by atoms with van der Waals surface area (Å²) >= 11 is 0. The van der Waals surface area contributed by atoms with Gasteiger partial charge in [0.05, 0.1) is 11.4 Å². The summed E-state index contributed by atoms with van der Waals surface area (Å²) in [6.45, 7) is 2.77. The van der Waals surface area contributed by atoms with E-state index in [1.165, 1.54) is 5.56 Å². The van der Waals surface area contributed by atoms with Crippen molar-refractivity contribution in [2.45, 2.75) is 19.0 Å².